The predicted molar refractivity (Wildman–Crippen MR) is 292 cm³/mol. The SMILES string of the molecule is Cn1c(-c2ccc(N(c3ccc(Oc4ccccc4)cc3)c3ccc(Oc4ccccc4)cc3)cc2)ccc1-c1ccc(N(c2ccc(Oc3ccccc3)cc2)c2ccc(Oc3ccccc3)cc2)cc1. The van der Waals surface area contributed by atoms with Crippen molar-refractivity contribution in [2.24, 2.45) is 7.05 Å². The van der Waals surface area contributed by atoms with Gasteiger partial charge in [-0.25, -0.2) is 0 Å². The van der Waals surface area contributed by atoms with E-state index in [1.54, 1.807) is 0 Å². The fourth-order valence-electron chi connectivity index (χ4n) is 8.70. The van der Waals surface area contributed by atoms with Gasteiger partial charge in [-0.1, -0.05) is 97.1 Å². The number of nitrogens with zero attached hydrogens (tertiary/aromatic N) is 3. The third-order valence-electron chi connectivity index (χ3n) is 12.3. The summed E-state index contributed by atoms with van der Waals surface area (Å²) < 4.78 is 26.9. The molecular formula is C65H49N3O4. The van der Waals surface area contributed by atoms with E-state index in [4.69, 9.17) is 18.9 Å². The van der Waals surface area contributed by atoms with Crippen LogP contribution in [0.2, 0.25) is 0 Å². The number of hydrogen-bond acceptors (Lipinski definition) is 6. The Bertz CT molecular complexity index is 3060. The van der Waals surface area contributed by atoms with E-state index in [0.29, 0.717) is 0 Å². The molecule has 7 heteroatoms. The van der Waals surface area contributed by atoms with E-state index in [-0.39, 0.29) is 0 Å². The van der Waals surface area contributed by atoms with Crippen LogP contribution in [0.4, 0.5) is 34.1 Å². The summed E-state index contributed by atoms with van der Waals surface area (Å²) in [7, 11) is 2.13. The van der Waals surface area contributed by atoms with Gasteiger partial charge in [-0.2, -0.15) is 0 Å². The fourth-order valence-corrected chi connectivity index (χ4v) is 8.70. The Labute approximate surface area is 420 Å². The zero-order valence-corrected chi connectivity index (χ0v) is 39.5. The lowest BCUT2D eigenvalue weighted by atomic mass is 10.1. The van der Waals surface area contributed by atoms with Crippen molar-refractivity contribution in [2.45, 2.75) is 0 Å². The lowest BCUT2D eigenvalue weighted by molar-refractivity contribution is 0.482. The van der Waals surface area contributed by atoms with Crippen molar-refractivity contribution in [2.75, 3.05) is 9.80 Å². The fraction of sp³-hybridized carbons (Fsp3) is 0.0154. The molecule has 1 heterocycles. The third-order valence-corrected chi connectivity index (χ3v) is 12.3. The molecule has 11 rings (SSSR count). The lowest BCUT2D eigenvalue weighted by Gasteiger charge is -2.26. The molecule has 0 aliphatic rings. The minimum absolute atomic E-state index is 0.762. The Hall–Kier alpha value is -9.72. The largest absolute Gasteiger partial charge is 0.457 e. The number of ether oxygens (including phenoxy) is 4. The number of hydrogen-bond donors (Lipinski definition) is 0. The smallest absolute Gasteiger partial charge is 0.127 e. The molecule has 0 unspecified atom stereocenters. The molecule has 72 heavy (non-hydrogen) atoms. The van der Waals surface area contributed by atoms with Gasteiger partial charge in [-0.15, -0.1) is 0 Å². The number of aromatic nitrogens is 1. The van der Waals surface area contributed by atoms with E-state index in [1.165, 1.54) is 0 Å². The molecule has 0 fully saturated rings. The Morgan fingerprint density at radius 1 is 0.222 bits per heavy atom. The summed E-state index contributed by atoms with van der Waals surface area (Å²) in [5.74, 6) is 6.22. The maximum Gasteiger partial charge on any atom is 0.127 e. The summed E-state index contributed by atoms with van der Waals surface area (Å²) in [6, 6.07) is 93.9. The van der Waals surface area contributed by atoms with Crippen LogP contribution in [0.1, 0.15) is 0 Å². The molecule has 0 atom stereocenters. The van der Waals surface area contributed by atoms with Gasteiger partial charge in [-0.3, -0.25) is 0 Å². The van der Waals surface area contributed by atoms with Crippen LogP contribution in [0, 0.1) is 0 Å². The van der Waals surface area contributed by atoms with Crippen LogP contribution in [0.25, 0.3) is 22.5 Å². The highest BCUT2D eigenvalue weighted by atomic mass is 16.5. The maximum atomic E-state index is 6.15. The average molecular weight is 936 g/mol. The number of rotatable bonds is 16. The van der Waals surface area contributed by atoms with E-state index in [9.17, 15) is 0 Å². The first-order valence-electron chi connectivity index (χ1n) is 23.9. The maximum absolute atomic E-state index is 6.15. The van der Waals surface area contributed by atoms with Crippen molar-refractivity contribution < 1.29 is 18.9 Å². The number of benzene rings is 10. The molecule has 0 aliphatic carbocycles. The van der Waals surface area contributed by atoms with Gasteiger partial charge in [0.25, 0.3) is 0 Å². The standard InChI is InChI=1S/C65H49N3O4/c1-66-64(48-22-26-50(27-23-48)67(52-30-38-60(39-31-52)69-56-14-6-2-7-15-56)53-32-40-61(41-33-53)70-57-16-8-3-9-17-57)46-47-65(66)49-24-28-51(29-25-49)68(54-34-42-62(43-35-54)71-58-18-10-4-11-19-58)55-36-44-63(45-37-55)72-59-20-12-5-13-21-59/h2-47H,1H3. The Balaban J connectivity index is 0.855. The normalized spacial score (nSPS) is 10.8. The zero-order chi connectivity index (χ0) is 48.5. The Morgan fingerprint density at radius 2 is 0.417 bits per heavy atom. The van der Waals surface area contributed by atoms with Crippen LogP contribution in [-0.4, -0.2) is 4.57 Å². The van der Waals surface area contributed by atoms with Gasteiger partial charge in [0.05, 0.1) is 0 Å². The zero-order valence-electron chi connectivity index (χ0n) is 39.5. The molecule has 0 bridgehead atoms. The summed E-state index contributed by atoms with van der Waals surface area (Å²) in [6.45, 7) is 0. The Kier molecular flexibility index (Phi) is 13.0. The van der Waals surface area contributed by atoms with Crippen molar-refractivity contribution in [3.8, 4) is 68.5 Å². The molecule has 0 spiro atoms. The van der Waals surface area contributed by atoms with Gasteiger partial charge < -0.3 is 33.3 Å². The second-order valence-corrected chi connectivity index (χ2v) is 17.1. The lowest BCUT2D eigenvalue weighted by Crippen LogP contribution is -2.10. The van der Waals surface area contributed by atoms with Crippen LogP contribution in [-0.2, 0) is 7.05 Å². The third kappa shape index (κ3) is 10.3. The van der Waals surface area contributed by atoms with Crippen LogP contribution in [0.5, 0.6) is 46.0 Å². The molecule has 11 aromatic rings. The number of para-hydroxylation sites is 4. The molecule has 0 radical (unpaired) electrons. The van der Waals surface area contributed by atoms with Crippen molar-refractivity contribution in [3.05, 3.63) is 279 Å². The van der Waals surface area contributed by atoms with E-state index >= 15 is 0 Å². The van der Waals surface area contributed by atoms with Gasteiger partial charge in [0.2, 0.25) is 0 Å². The van der Waals surface area contributed by atoms with Gasteiger partial charge in [0.15, 0.2) is 0 Å². The summed E-state index contributed by atoms with van der Waals surface area (Å²) >= 11 is 0. The Morgan fingerprint density at radius 3 is 0.639 bits per heavy atom. The van der Waals surface area contributed by atoms with Crippen molar-refractivity contribution in [1.29, 1.82) is 0 Å². The summed E-state index contributed by atoms with van der Waals surface area (Å²) in [5, 5.41) is 0. The van der Waals surface area contributed by atoms with Crippen LogP contribution < -0.4 is 28.7 Å². The summed E-state index contributed by atoms with van der Waals surface area (Å²) in [5.41, 5.74) is 10.4. The van der Waals surface area contributed by atoms with Gasteiger partial charge in [-0.05, 0) is 193 Å². The first kappa shape index (κ1) is 44.8. The monoisotopic (exact) mass is 935 g/mol. The second-order valence-electron chi connectivity index (χ2n) is 17.1. The molecule has 7 nitrogen and oxygen atoms in total. The van der Waals surface area contributed by atoms with E-state index in [0.717, 1.165) is 103 Å². The van der Waals surface area contributed by atoms with Crippen molar-refractivity contribution in [3.63, 3.8) is 0 Å². The van der Waals surface area contributed by atoms with E-state index in [2.05, 4.69) is 131 Å². The summed E-state index contributed by atoms with van der Waals surface area (Å²) in [6.07, 6.45) is 0. The van der Waals surface area contributed by atoms with Crippen molar-refractivity contribution in [1.82, 2.24) is 4.57 Å². The minimum Gasteiger partial charge on any atom is -0.457 e. The van der Waals surface area contributed by atoms with Gasteiger partial charge in [0, 0.05) is 52.6 Å². The summed E-state index contributed by atoms with van der Waals surface area (Å²) in [4.78, 5) is 4.48. The minimum atomic E-state index is 0.762. The molecule has 348 valence electrons. The highest BCUT2D eigenvalue weighted by Crippen LogP contribution is 2.41. The predicted octanol–water partition coefficient (Wildman–Crippen LogP) is 18.5. The molecule has 0 amide bonds. The molecular weight excluding hydrogens is 887 g/mol. The highest BCUT2D eigenvalue weighted by Gasteiger charge is 2.18. The number of anilines is 6. The first-order chi connectivity index (χ1) is 35.6. The average Bonchev–Trinajstić information content (AvgIpc) is 3.83. The van der Waals surface area contributed by atoms with Crippen LogP contribution >= 0.6 is 0 Å². The molecule has 0 aliphatic heterocycles. The molecule has 0 N–H and O–H groups in total. The van der Waals surface area contributed by atoms with Crippen LogP contribution in [0.3, 0.4) is 0 Å². The van der Waals surface area contributed by atoms with E-state index < -0.39 is 0 Å². The topological polar surface area (TPSA) is 48.3 Å². The van der Waals surface area contributed by atoms with Gasteiger partial charge >= 0.3 is 0 Å². The second kappa shape index (κ2) is 20.9. The quantitative estimate of drug-likeness (QED) is 0.0962. The highest BCUT2D eigenvalue weighted by molar-refractivity contribution is 5.81. The molecule has 10 aromatic carbocycles. The van der Waals surface area contributed by atoms with Crippen LogP contribution in [0.15, 0.2) is 279 Å². The molecule has 1 aromatic heterocycles. The van der Waals surface area contributed by atoms with Gasteiger partial charge in [0.1, 0.15) is 46.0 Å². The molecule has 0 saturated heterocycles. The van der Waals surface area contributed by atoms with Crippen molar-refractivity contribution >= 4 is 34.1 Å². The first-order valence-corrected chi connectivity index (χ1v) is 23.9. The molecule has 0 saturated carbocycles. The van der Waals surface area contributed by atoms with E-state index in [1.807, 2.05) is 170 Å².